The summed E-state index contributed by atoms with van der Waals surface area (Å²) < 4.78 is 5.61. The zero-order chi connectivity index (χ0) is 23.6. The molecule has 176 valence electrons. The van der Waals surface area contributed by atoms with Crippen LogP contribution in [-0.2, 0) is 11.2 Å². The van der Waals surface area contributed by atoms with Crippen molar-refractivity contribution in [3.8, 4) is 22.8 Å². The quantitative estimate of drug-likeness (QED) is 0.455. The molecular formula is C28H27N5O2. The minimum atomic E-state index is 0.0132. The third-order valence-electron chi connectivity index (χ3n) is 7.09. The Morgan fingerprint density at radius 3 is 2.60 bits per heavy atom. The van der Waals surface area contributed by atoms with Crippen molar-refractivity contribution >= 4 is 11.7 Å². The number of aryl methyl sites for hydroxylation is 1. The van der Waals surface area contributed by atoms with E-state index in [1.807, 2.05) is 42.5 Å². The normalized spacial score (nSPS) is 17.8. The van der Waals surface area contributed by atoms with Crippen LogP contribution in [0.15, 0.2) is 77.4 Å². The molecule has 3 heterocycles. The summed E-state index contributed by atoms with van der Waals surface area (Å²) in [5.74, 6) is 2.00. The fourth-order valence-corrected chi connectivity index (χ4v) is 5.20. The van der Waals surface area contributed by atoms with Crippen LogP contribution in [0.5, 0.6) is 0 Å². The van der Waals surface area contributed by atoms with Crippen LogP contribution in [0.25, 0.3) is 22.8 Å². The summed E-state index contributed by atoms with van der Waals surface area (Å²) in [5.41, 5.74) is 4.34. The van der Waals surface area contributed by atoms with E-state index in [0.29, 0.717) is 11.7 Å². The van der Waals surface area contributed by atoms with Gasteiger partial charge in [-0.1, -0.05) is 59.8 Å². The number of carbonyl (C=O) groups is 1. The van der Waals surface area contributed by atoms with Crippen LogP contribution in [0, 0.1) is 5.92 Å². The van der Waals surface area contributed by atoms with E-state index in [1.54, 1.807) is 6.20 Å². The highest BCUT2D eigenvalue weighted by molar-refractivity contribution is 5.80. The number of piperidine rings is 1. The molecule has 1 saturated heterocycles. The minimum absolute atomic E-state index is 0.0132. The van der Waals surface area contributed by atoms with Crippen LogP contribution in [0.4, 0.5) is 5.82 Å². The number of hydrogen-bond acceptors (Lipinski definition) is 6. The average Bonchev–Trinajstić information content (AvgIpc) is 3.57. The van der Waals surface area contributed by atoms with E-state index in [1.165, 1.54) is 11.1 Å². The Morgan fingerprint density at radius 1 is 0.943 bits per heavy atom. The molecule has 2 aromatic carbocycles. The standard InChI is InChI=1S/C28H27N5O2/c34-27(30-24-13-12-19-7-4-5-10-22(19)24)21-14-17-33(18-15-21)26-23(11-6-16-29-26)28-31-25(32-35-28)20-8-2-1-3-9-20/h1-11,16,21,24H,12-15,17-18H2,(H,30,34)/t24-/m0/s1. The van der Waals surface area contributed by atoms with Crippen molar-refractivity contribution in [1.29, 1.82) is 0 Å². The van der Waals surface area contributed by atoms with Gasteiger partial charge in [0.2, 0.25) is 11.7 Å². The molecule has 1 amide bonds. The number of amides is 1. The first kappa shape index (κ1) is 21.5. The molecule has 0 spiro atoms. The van der Waals surface area contributed by atoms with Gasteiger partial charge >= 0.3 is 0 Å². The molecule has 1 aliphatic carbocycles. The number of hydrogen-bond donors (Lipinski definition) is 1. The molecule has 1 aliphatic heterocycles. The number of carbonyl (C=O) groups excluding carboxylic acids is 1. The van der Waals surface area contributed by atoms with Gasteiger partial charge in [-0.3, -0.25) is 4.79 Å². The summed E-state index contributed by atoms with van der Waals surface area (Å²) in [6, 6.07) is 22.2. The Kier molecular flexibility index (Phi) is 5.74. The Morgan fingerprint density at radius 2 is 1.74 bits per heavy atom. The molecule has 0 radical (unpaired) electrons. The van der Waals surface area contributed by atoms with Crippen molar-refractivity contribution in [1.82, 2.24) is 20.4 Å². The van der Waals surface area contributed by atoms with E-state index < -0.39 is 0 Å². The lowest BCUT2D eigenvalue weighted by Gasteiger charge is -2.33. The molecule has 6 rings (SSSR count). The number of nitrogens with zero attached hydrogens (tertiary/aromatic N) is 4. The molecule has 0 unspecified atom stereocenters. The van der Waals surface area contributed by atoms with Crippen LogP contribution in [0.1, 0.15) is 36.4 Å². The molecule has 2 aliphatic rings. The molecule has 0 bridgehead atoms. The van der Waals surface area contributed by atoms with Crippen molar-refractivity contribution in [3.63, 3.8) is 0 Å². The Labute approximate surface area is 204 Å². The molecule has 1 fully saturated rings. The number of aromatic nitrogens is 3. The highest BCUT2D eigenvalue weighted by Crippen LogP contribution is 2.34. The Balaban J connectivity index is 1.13. The first-order chi connectivity index (χ1) is 17.3. The van der Waals surface area contributed by atoms with Gasteiger partial charge in [0.15, 0.2) is 0 Å². The van der Waals surface area contributed by atoms with E-state index in [9.17, 15) is 4.79 Å². The second kappa shape index (κ2) is 9.33. The van der Waals surface area contributed by atoms with Gasteiger partial charge in [0.05, 0.1) is 11.6 Å². The number of anilines is 1. The van der Waals surface area contributed by atoms with Crippen LogP contribution < -0.4 is 10.2 Å². The fraction of sp³-hybridized carbons (Fsp3) is 0.286. The molecule has 35 heavy (non-hydrogen) atoms. The maximum Gasteiger partial charge on any atom is 0.261 e. The largest absolute Gasteiger partial charge is 0.356 e. The van der Waals surface area contributed by atoms with E-state index in [-0.39, 0.29) is 17.9 Å². The smallest absolute Gasteiger partial charge is 0.261 e. The van der Waals surface area contributed by atoms with Crippen LogP contribution in [0.3, 0.4) is 0 Å². The number of pyridine rings is 1. The first-order valence-electron chi connectivity index (χ1n) is 12.2. The number of nitrogens with one attached hydrogen (secondary N) is 1. The summed E-state index contributed by atoms with van der Waals surface area (Å²) in [5, 5.41) is 7.47. The van der Waals surface area contributed by atoms with E-state index in [4.69, 9.17) is 4.52 Å². The van der Waals surface area contributed by atoms with Gasteiger partial charge < -0.3 is 14.7 Å². The lowest BCUT2D eigenvalue weighted by molar-refractivity contribution is -0.126. The lowest BCUT2D eigenvalue weighted by Crippen LogP contribution is -2.41. The maximum absolute atomic E-state index is 13.1. The summed E-state index contributed by atoms with van der Waals surface area (Å²) in [6.07, 6.45) is 5.37. The van der Waals surface area contributed by atoms with Gasteiger partial charge in [-0.15, -0.1) is 0 Å². The summed E-state index contributed by atoms with van der Waals surface area (Å²) >= 11 is 0. The molecule has 2 aromatic heterocycles. The van der Waals surface area contributed by atoms with Gasteiger partial charge in [-0.05, 0) is 48.9 Å². The molecular weight excluding hydrogens is 438 g/mol. The SMILES string of the molecule is O=C(N[C@H]1CCc2ccccc21)C1CCN(c2ncccc2-c2nc(-c3ccccc3)no2)CC1. The molecule has 1 atom stereocenters. The number of benzene rings is 2. The third-order valence-corrected chi connectivity index (χ3v) is 7.09. The highest BCUT2D eigenvalue weighted by Gasteiger charge is 2.30. The van der Waals surface area contributed by atoms with Gasteiger partial charge in [0, 0.05) is 30.8 Å². The average molecular weight is 466 g/mol. The van der Waals surface area contributed by atoms with Crippen molar-refractivity contribution in [2.45, 2.75) is 31.7 Å². The maximum atomic E-state index is 13.1. The zero-order valence-electron chi connectivity index (χ0n) is 19.4. The van der Waals surface area contributed by atoms with Crippen molar-refractivity contribution in [2.24, 2.45) is 5.92 Å². The van der Waals surface area contributed by atoms with Gasteiger partial charge in [0.1, 0.15) is 5.82 Å². The van der Waals surface area contributed by atoms with Crippen LogP contribution in [-0.4, -0.2) is 34.1 Å². The predicted molar refractivity (Wildman–Crippen MR) is 134 cm³/mol. The Bertz CT molecular complexity index is 1330. The van der Waals surface area contributed by atoms with E-state index in [2.05, 4.69) is 49.6 Å². The van der Waals surface area contributed by atoms with Crippen molar-refractivity contribution < 1.29 is 9.32 Å². The molecule has 7 nitrogen and oxygen atoms in total. The first-order valence-corrected chi connectivity index (χ1v) is 12.2. The lowest BCUT2D eigenvalue weighted by atomic mass is 9.95. The summed E-state index contributed by atoms with van der Waals surface area (Å²) in [6.45, 7) is 1.51. The zero-order valence-corrected chi connectivity index (χ0v) is 19.4. The second-order valence-corrected chi connectivity index (χ2v) is 9.22. The van der Waals surface area contributed by atoms with E-state index >= 15 is 0 Å². The van der Waals surface area contributed by atoms with Gasteiger partial charge in [0.25, 0.3) is 5.89 Å². The predicted octanol–water partition coefficient (Wildman–Crippen LogP) is 4.82. The van der Waals surface area contributed by atoms with Crippen molar-refractivity contribution in [2.75, 3.05) is 18.0 Å². The highest BCUT2D eigenvalue weighted by atomic mass is 16.5. The molecule has 0 saturated carbocycles. The number of rotatable bonds is 5. The monoisotopic (exact) mass is 465 g/mol. The third kappa shape index (κ3) is 4.30. The molecule has 1 N–H and O–H groups in total. The topological polar surface area (TPSA) is 84.2 Å². The summed E-state index contributed by atoms with van der Waals surface area (Å²) in [4.78, 5) is 24.5. The van der Waals surface area contributed by atoms with Gasteiger partial charge in [-0.25, -0.2) is 4.98 Å². The van der Waals surface area contributed by atoms with Crippen LogP contribution in [0.2, 0.25) is 0 Å². The van der Waals surface area contributed by atoms with Gasteiger partial charge in [-0.2, -0.15) is 4.98 Å². The molecule has 4 aromatic rings. The summed E-state index contributed by atoms with van der Waals surface area (Å²) in [7, 11) is 0. The molecule has 7 heteroatoms. The Hall–Kier alpha value is -4.00. The second-order valence-electron chi connectivity index (χ2n) is 9.22. The van der Waals surface area contributed by atoms with E-state index in [0.717, 1.165) is 55.7 Å². The minimum Gasteiger partial charge on any atom is -0.356 e. The van der Waals surface area contributed by atoms with Crippen LogP contribution >= 0.6 is 0 Å². The number of fused-ring (bicyclic) bond motifs is 1. The van der Waals surface area contributed by atoms with Crippen molar-refractivity contribution in [3.05, 3.63) is 84.1 Å². The fourth-order valence-electron chi connectivity index (χ4n) is 5.20.